The summed E-state index contributed by atoms with van der Waals surface area (Å²) in [7, 11) is 1.76. The first kappa shape index (κ1) is 16.1. The van der Waals surface area contributed by atoms with Gasteiger partial charge in [0.1, 0.15) is 0 Å². The normalized spacial score (nSPS) is 13.0. The number of nitrogens with zero attached hydrogens (tertiary/aromatic N) is 2. The minimum Gasteiger partial charge on any atom is -0.359 e. The van der Waals surface area contributed by atoms with E-state index < -0.39 is 0 Å². The van der Waals surface area contributed by atoms with Gasteiger partial charge in [0.25, 0.3) is 0 Å². The lowest BCUT2D eigenvalue weighted by atomic mass is 10.0. The molecule has 0 fully saturated rings. The van der Waals surface area contributed by atoms with E-state index in [-0.39, 0.29) is 6.04 Å². The monoisotopic (exact) mass is 300 g/mol. The van der Waals surface area contributed by atoms with Crippen LogP contribution in [-0.4, -0.2) is 18.2 Å². The number of hydrogen-bond acceptors (Lipinski definition) is 3. The van der Waals surface area contributed by atoms with Gasteiger partial charge in [-0.25, -0.2) is 0 Å². The predicted molar refractivity (Wildman–Crippen MR) is 88.8 cm³/mol. The maximum Gasteiger partial charge on any atom is 0.191 e. The average molecular weight is 300 g/mol. The number of aliphatic imine (C=N–C) groups is 1. The smallest absolute Gasteiger partial charge is 0.191 e. The fourth-order valence-corrected chi connectivity index (χ4v) is 2.33. The summed E-state index contributed by atoms with van der Waals surface area (Å²) in [5.74, 6) is 1.55. The molecule has 5 heteroatoms. The highest BCUT2D eigenvalue weighted by Crippen LogP contribution is 2.16. The van der Waals surface area contributed by atoms with Crippen LogP contribution in [-0.2, 0) is 13.0 Å². The van der Waals surface area contributed by atoms with Crippen LogP contribution in [0.4, 0.5) is 0 Å². The summed E-state index contributed by atoms with van der Waals surface area (Å²) in [6.45, 7) is 6.86. The van der Waals surface area contributed by atoms with Crippen molar-refractivity contribution in [1.82, 2.24) is 15.8 Å². The minimum atomic E-state index is 0.174. The van der Waals surface area contributed by atoms with Gasteiger partial charge < -0.3 is 15.2 Å². The molecule has 0 bridgehead atoms. The number of aromatic nitrogens is 1. The molecule has 0 aliphatic rings. The molecule has 1 heterocycles. The summed E-state index contributed by atoms with van der Waals surface area (Å²) in [5.41, 5.74) is 3.49. The minimum absolute atomic E-state index is 0.174. The average Bonchev–Trinajstić information content (AvgIpc) is 2.99. The van der Waals surface area contributed by atoms with Gasteiger partial charge in [-0.1, -0.05) is 36.3 Å². The molecule has 0 aliphatic heterocycles. The molecule has 0 amide bonds. The Kier molecular flexibility index (Phi) is 5.58. The van der Waals surface area contributed by atoms with Crippen LogP contribution in [0.3, 0.4) is 0 Å². The molecule has 2 N–H and O–H groups in total. The van der Waals surface area contributed by atoms with E-state index in [2.05, 4.69) is 59.8 Å². The Hall–Kier alpha value is -2.30. The Morgan fingerprint density at radius 3 is 2.77 bits per heavy atom. The molecule has 2 rings (SSSR count). The van der Waals surface area contributed by atoms with Crippen molar-refractivity contribution in [3.05, 3.63) is 52.9 Å². The van der Waals surface area contributed by atoms with E-state index in [4.69, 9.17) is 4.52 Å². The summed E-state index contributed by atoms with van der Waals surface area (Å²) in [6.07, 6.45) is 0.876. The number of guanidine groups is 1. The summed E-state index contributed by atoms with van der Waals surface area (Å²) in [6, 6.07) is 10.5. The third kappa shape index (κ3) is 4.10. The zero-order chi connectivity index (χ0) is 15.9. The van der Waals surface area contributed by atoms with Crippen LogP contribution in [0, 0.1) is 6.92 Å². The Bertz CT molecular complexity index is 633. The van der Waals surface area contributed by atoms with Crippen molar-refractivity contribution in [3.8, 4) is 0 Å². The van der Waals surface area contributed by atoms with Crippen molar-refractivity contribution in [2.45, 2.75) is 39.8 Å². The van der Waals surface area contributed by atoms with E-state index in [1.807, 2.05) is 12.1 Å². The number of aryl methyl sites for hydroxylation is 2. The van der Waals surface area contributed by atoms with Crippen molar-refractivity contribution in [2.24, 2.45) is 4.99 Å². The zero-order valence-corrected chi connectivity index (χ0v) is 13.7. The molecule has 1 aromatic heterocycles. The standard InChI is InChI=1S/C17H24N4O/c1-5-14-10-15(22-21-14)11-19-17(18-4)20-13(3)16-9-7-6-8-12(16)2/h6-10,13H,5,11H2,1-4H3,(H2,18,19,20). The Balaban J connectivity index is 1.93. The third-order valence-corrected chi connectivity index (χ3v) is 3.63. The Labute approximate surface area is 131 Å². The second-order valence-corrected chi connectivity index (χ2v) is 5.29. The van der Waals surface area contributed by atoms with Gasteiger partial charge >= 0.3 is 0 Å². The van der Waals surface area contributed by atoms with Crippen LogP contribution < -0.4 is 10.6 Å². The third-order valence-electron chi connectivity index (χ3n) is 3.63. The first-order chi connectivity index (χ1) is 10.6. The molecule has 0 saturated carbocycles. The second kappa shape index (κ2) is 7.64. The van der Waals surface area contributed by atoms with E-state index >= 15 is 0 Å². The molecule has 0 saturated heterocycles. The van der Waals surface area contributed by atoms with Gasteiger partial charge in [0.15, 0.2) is 11.7 Å². The molecule has 2 aromatic rings. The van der Waals surface area contributed by atoms with Crippen LogP contribution in [0.25, 0.3) is 0 Å². The van der Waals surface area contributed by atoms with Crippen molar-refractivity contribution in [1.29, 1.82) is 0 Å². The quantitative estimate of drug-likeness (QED) is 0.658. The van der Waals surface area contributed by atoms with Crippen molar-refractivity contribution in [3.63, 3.8) is 0 Å². The molecular formula is C17H24N4O. The van der Waals surface area contributed by atoms with Crippen molar-refractivity contribution >= 4 is 5.96 Å². The van der Waals surface area contributed by atoms with Gasteiger partial charge in [0.05, 0.1) is 18.3 Å². The highest BCUT2D eigenvalue weighted by atomic mass is 16.5. The number of nitrogens with one attached hydrogen (secondary N) is 2. The second-order valence-electron chi connectivity index (χ2n) is 5.29. The molecule has 0 aliphatic carbocycles. The topological polar surface area (TPSA) is 62.5 Å². The number of benzene rings is 1. The first-order valence-electron chi connectivity index (χ1n) is 7.61. The highest BCUT2D eigenvalue weighted by molar-refractivity contribution is 5.80. The Morgan fingerprint density at radius 2 is 2.14 bits per heavy atom. The largest absolute Gasteiger partial charge is 0.359 e. The molecule has 118 valence electrons. The molecule has 1 unspecified atom stereocenters. The molecule has 0 spiro atoms. The highest BCUT2D eigenvalue weighted by Gasteiger charge is 2.10. The first-order valence-corrected chi connectivity index (χ1v) is 7.61. The zero-order valence-electron chi connectivity index (χ0n) is 13.7. The lowest BCUT2D eigenvalue weighted by Crippen LogP contribution is -2.38. The van der Waals surface area contributed by atoms with Crippen LogP contribution in [0.2, 0.25) is 0 Å². The SMILES string of the molecule is CCc1cc(CNC(=NC)NC(C)c2ccccc2C)on1. The maximum atomic E-state index is 5.26. The van der Waals surface area contributed by atoms with Crippen LogP contribution in [0.1, 0.15) is 42.5 Å². The molecule has 0 radical (unpaired) electrons. The molecule has 1 aromatic carbocycles. The fraction of sp³-hybridized carbons (Fsp3) is 0.412. The van der Waals surface area contributed by atoms with Gasteiger partial charge in [-0.05, 0) is 31.4 Å². The van der Waals surface area contributed by atoms with E-state index in [1.165, 1.54) is 11.1 Å². The summed E-state index contributed by atoms with van der Waals surface area (Å²) in [4.78, 5) is 4.26. The van der Waals surface area contributed by atoms with Crippen molar-refractivity contribution < 1.29 is 4.52 Å². The van der Waals surface area contributed by atoms with Gasteiger partial charge in [-0.2, -0.15) is 0 Å². The van der Waals surface area contributed by atoms with Gasteiger partial charge in [0.2, 0.25) is 0 Å². The number of rotatable bonds is 5. The molecule has 5 nitrogen and oxygen atoms in total. The van der Waals surface area contributed by atoms with E-state index in [0.29, 0.717) is 6.54 Å². The van der Waals surface area contributed by atoms with E-state index in [1.54, 1.807) is 7.05 Å². The fourth-order valence-electron chi connectivity index (χ4n) is 2.33. The van der Waals surface area contributed by atoms with Gasteiger partial charge in [-0.3, -0.25) is 4.99 Å². The summed E-state index contributed by atoms with van der Waals surface area (Å²) >= 11 is 0. The van der Waals surface area contributed by atoms with Crippen LogP contribution in [0.15, 0.2) is 39.8 Å². The van der Waals surface area contributed by atoms with Crippen LogP contribution in [0.5, 0.6) is 0 Å². The molecule has 22 heavy (non-hydrogen) atoms. The lowest BCUT2D eigenvalue weighted by molar-refractivity contribution is 0.374. The van der Waals surface area contributed by atoms with Gasteiger partial charge in [0, 0.05) is 13.1 Å². The summed E-state index contributed by atoms with van der Waals surface area (Å²) < 4.78 is 5.26. The van der Waals surface area contributed by atoms with E-state index in [0.717, 1.165) is 23.8 Å². The summed E-state index contributed by atoms with van der Waals surface area (Å²) in [5, 5.41) is 10.6. The predicted octanol–water partition coefficient (Wildman–Crippen LogP) is 2.97. The van der Waals surface area contributed by atoms with E-state index in [9.17, 15) is 0 Å². The Morgan fingerprint density at radius 1 is 1.36 bits per heavy atom. The lowest BCUT2D eigenvalue weighted by Gasteiger charge is -2.19. The molecular weight excluding hydrogens is 276 g/mol. The maximum absolute atomic E-state index is 5.26. The van der Waals surface area contributed by atoms with Crippen molar-refractivity contribution in [2.75, 3.05) is 7.05 Å². The number of hydrogen-bond donors (Lipinski definition) is 2. The van der Waals surface area contributed by atoms with Gasteiger partial charge in [-0.15, -0.1) is 0 Å². The molecule has 1 atom stereocenters. The van der Waals surface area contributed by atoms with Crippen LogP contribution >= 0.6 is 0 Å².